The first kappa shape index (κ1) is 23.9. The summed E-state index contributed by atoms with van der Waals surface area (Å²) in [6.07, 6.45) is 4.12. The van der Waals surface area contributed by atoms with Gasteiger partial charge in [-0.1, -0.05) is 0 Å². The summed E-state index contributed by atoms with van der Waals surface area (Å²) in [6, 6.07) is 0.252. The number of aliphatic imine (C=N–C) groups is 1. The molecule has 2 rings (SSSR count). The molecule has 0 saturated heterocycles. The molecule has 1 aliphatic carbocycles. The van der Waals surface area contributed by atoms with Gasteiger partial charge in [0.1, 0.15) is 11.3 Å². The first-order chi connectivity index (χ1) is 14.1. The van der Waals surface area contributed by atoms with E-state index in [-0.39, 0.29) is 24.4 Å². The molecule has 0 aromatic heterocycles. The SMILES string of the molecule is C=NC1=C(/C=C(\C)F)N(C2CCC(NCCNC(=O)OC(C)(C)C)CC2)C(=O)CO1. The lowest BCUT2D eigenvalue weighted by Crippen LogP contribution is -2.48. The van der Waals surface area contributed by atoms with Gasteiger partial charge in [0, 0.05) is 25.2 Å². The van der Waals surface area contributed by atoms with Gasteiger partial charge in [-0.2, -0.15) is 0 Å². The largest absolute Gasteiger partial charge is 0.466 e. The Balaban J connectivity index is 1.84. The number of nitrogens with one attached hydrogen (secondary N) is 2. The van der Waals surface area contributed by atoms with Crippen LogP contribution in [0, 0.1) is 0 Å². The zero-order valence-electron chi connectivity index (χ0n) is 18.3. The molecular weight excluding hydrogens is 391 g/mol. The Bertz CT molecular complexity index is 702. The third kappa shape index (κ3) is 7.12. The van der Waals surface area contributed by atoms with Crippen molar-refractivity contribution in [2.24, 2.45) is 4.99 Å². The molecule has 1 heterocycles. The van der Waals surface area contributed by atoms with Crippen molar-refractivity contribution in [2.75, 3.05) is 19.7 Å². The van der Waals surface area contributed by atoms with Gasteiger partial charge < -0.3 is 25.0 Å². The summed E-state index contributed by atoms with van der Waals surface area (Å²) in [4.78, 5) is 29.6. The summed E-state index contributed by atoms with van der Waals surface area (Å²) in [5, 5.41) is 6.15. The zero-order valence-corrected chi connectivity index (χ0v) is 18.3. The van der Waals surface area contributed by atoms with E-state index in [0.29, 0.717) is 24.8 Å². The van der Waals surface area contributed by atoms with Crippen LogP contribution in [0.1, 0.15) is 53.4 Å². The molecule has 30 heavy (non-hydrogen) atoms. The molecule has 0 atom stereocenters. The van der Waals surface area contributed by atoms with Gasteiger partial charge >= 0.3 is 6.09 Å². The Hall–Kier alpha value is -2.42. The van der Waals surface area contributed by atoms with E-state index in [0.717, 1.165) is 25.7 Å². The van der Waals surface area contributed by atoms with Gasteiger partial charge in [-0.05, 0) is 66.2 Å². The van der Waals surface area contributed by atoms with Crippen LogP contribution in [0.4, 0.5) is 9.18 Å². The van der Waals surface area contributed by atoms with Gasteiger partial charge in [0.2, 0.25) is 5.88 Å². The Morgan fingerprint density at radius 1 is 1.33 bits per heavy atom. The Kier molecular flexibility index (Phi) is 8.40. The lowest BCUT2D eigenvalue weighted by molar-refractivity contribution is -0.138. The van der Waals surface area contributed by atoms with Crippen LogP contribution in [0.3, 0.4) is 0 Å². The first-order valence-corrected chi connectivity index (χ1v) is 10.3. The van der Waals surface area contributed by atoms with E-state index in [2.05, 4.69) is 22.3 Å². The summed E-state index contributed by atoms with van der Waals surface area (Å²) in [6.45, 7) is 11.2. The van der Waals surface area contributed by atoms with Crippen molar-refractivity contribution in [1.82, 2.24) is 15.5 Å². The molecule has 0 radical (unpaired) electrons. The minimum Gasteiger partial charge on any atom is -0.466 e. The average Bonchev–Trinajstić information content (AvgIpc) is 2.64. The van der Waals surface area contributed by atoms with Crippen molar-refractivity contribution in [1.29, 1.82) is 0 Å². The molecule has 8 nitrogen and oxygen atoms in total. The number of carbonyl (C=O) groups is 2. The van der Waals surface area contributed by atoms with Crippen LogP contribution in [-0.4, -0.2) is 61.0 Å². The van der Waals surface area contributed by atoms with E-state index in [1.54, 1.807) is 4.90 Å². The molecule has 1 fully saturated rings. The van der Waals surface area contributed by atoms with Gasteiger partial charge in [0.25, 0.3) is 5.91 Å². The fraction of sp³-hybridized carbons (Fsp3) is 0.667. The van der Waals surface area contributed by atoms with Gasteiger partial charge in [-0.3, -0.25) is 4.79 Å². The van der Waals surface area contributed by atoms with Crippen LogP contribution in [0.15, 0.2) is 28.5 Å². The first-order valence-electron chi connectivity index (χ1n) is 10.3. The molecule has 1 aliphatic heterocycles. The third-order valence-electron chi connectivity index (χ3n) is 4.85. The minimum absolute atomic E-state index is 0.0401. The second kappa shape index (κ2) is 10.6. The normalized spacial score (nSPS) is 23.2. The summed E-state index contributed by atoms with van der Waals surface area (Å²) >= 11 is 0. The highest BCUT2D eigenvalue weighted by Gasteiger charge is 2.35. The van der Waals surface area contributed by atoms with E-state index in [1.165, 1.54) is 13.0 Å². The van der Waals surface area contributed by atoms with E-state index < -0.39 is 17.5 Å². The number of rotatable bonds is 7. The number of nitrogens with zero attached hydrogens (tertiary/aromatic N) is 2. The van der Waals surface area contributed by atoms with E-state index in [4.69, 9.17) is 9.47 Å². The highest BCUT2D eigenvalue weighted by Crippen LogP contribution is 2.31. The molecule has 9 heteroatoms. The Morgan fingerprint density at radius 2 is 2.00 bits per heavy atom. The van der Waals surface area contributed by atoms with Gasteiger partial charge in [0.05, 0.1) is 5.83 Å². The van der Waals surface area contributed by atoms with Crippen molar-refractivity contribution < 1.29 is 23.5 Å². The van der Waals surface area contributed by atoms with Crippen LogP contribution in [0.25, 0.3) is 0 Å². The molecule has 0 aromatic rings. The smallest absolute Gasteiger partial charge is 0.407 e. The fourth-order valence-electron chi connectivity index (χ4n) is 3.65. The fourth-order valence-corrected chi connectivity index (χ4v) is 3.65. The topological polar surface area (TPSA) is 92.3 Å². The number of ether oxygens (including phenoxy) is 2. The van der Waals surface area contributed by atoms with Gasteiger partial charge in [-0.15, -0.1) is 0 Å². The lowest BCUT2D eigenvalue weighted by Gasteiger charge is -2.39. The maximum atomic E-state index is 13.6. The number of amides is 2. The maximum absolute atomic E-state index is 13.6. The number of hydrogen-bond acceptors (Lipinski definition) is 6. The maximum Gasteiger partial charge on any atom is 0.407 e. The van der Waals surface area contributed by atoms with Crippen LogP contribution >= 0.6 is 0 Å². The molecule has 0 aromatic carbocycles. The molecule has 168 valence electrons. The molecule has 2 amide bonds. The second-order valence-corrected chi connectivity index (χ2v) is 8.52. The summed E-state index contributed by atoms with van der Waals surface area (Å²) in [7, 11) is 0. The van der Waals surface area contributed by atoms with Crippen molar-refractivity contribution >= 4 is 18.7 Å². The number of hydrogen-bond donors (Lipinski definition) is 2. The number of halogens is 1. The number of alkyl carbamates (subject to hydrolysis) is 1. The molecule has 0 bridgehead atoms. The van der Waals surface area contributed by atoms with Crippen molar-refractivity contribution in [2.45, 2.75) is 71.1 Å². The third-order valence-corrected chi connectivity index (χ3v) is 4.85. The highest BCUT2D eigenvalue weighted by molar-refractivity contribution is 5.81. The quantitative estimate of drug-likeness (QED) is 0.484. The molecule has 1 saturated carbocycles. The molecule has 0 spiro atoms. The van der Waals surface area contributed by atoms with Crippen LogP contribution in [-0.2, 0) is 14.3 Å². The van der Waals surface area contributed by atoms with Gasteiger partial charge in [-0.25, -0.2) is 14.2 Å². The minimum atomic E-state index is -0.517. The molecular formula is C21H33FN4O4. The second-order valence-electron chi connectivity index (χ2n) is 8.52. The van der Waals surface area contributed by atoms with Crippen molar-refractivity contribution in [3.63, 3.8) is 0 Å². The van der Waals surface area contributed by atoms with Crippen LogP contribution in [0.2, 0.25) is 0 Å². The van der Waals surface area contributed by atoms with Crippen molar-refractivity contribution in [3.8, 4) is 0 Å². The van der Waals surface area contributed by atoms with Crippen molar-refractivity contribution in [3.05, 3.63) is 23.5 Å². The molecule has 2 N–H and O–H groups in total. The predicted molar refractivity (Wildman–Crippen MR) is 113 cm³/mol. The Morgan fingerprint density at radius 3 is 2.57 bits per heavy atom. The molecule has 0 unspecified atom stereocenters. The number of allylic oxidation sites excluding steroid dienone is 2. The van der Waals surface area contributed by atoms with E-state index >= 15 is 0 Å². The standard InChI is InChI=1S/C21H33FN4O4/c1-14(22)12-17-19(23-5)29-13-18(27)26(17)16-8-6-15(7-9-16)24-10-11-25-20(28)30-21(2,3)4/h12,15-16,24H,5-11,13H2,1-4H3,(H,25,28)/b14-12+. The summed E-state index contributed by atoms with van der Waals surface area (Å²) < 4.78 is 24.1. The summed E-state index contributed by atoms with van der Waals surface area (Å²) in [5.41, 5.74) is -0.184. The summed E-state index contributed by atoms with van der Waals surface area (Å²) in [5.74, 6) is -0.449. The lowest BCUT2D eigenvalue weighted by atomic mass is 9.89. The average molecular weight is 425 g/mol. The monoisotopic (exact) mass is 424 g/mol. The van der Waals surface area contributed by atoms with E-state index in [9.17, 15) is 14.0 Å². The Labute approximate surface area is 177 Å². The van der Waals surface area contributed by atoms with Crippen LogP contribution < -0.4 is 10.6 Å². The van der Waals surface area contributed by atoms with Crippen LogP contribution in [0.5, 0.6) is 0 Å². The highest BCUT2D eigenvalue weighted by atomic mass is 19.1. The number of carbonyl (C=O) groups excluding carboxylic acids is 2. The van der Waals surface area contributed by atoms with E-state index in [1.807, 2.05) is 20.8 Å². The molecule has 2 aliphatic rings. The zero-order chi connectivity index (χ0) is 22.3. The predicted octanol–water partition coefficient (Wildman–Crippen LogP) is 3.01. The van der Waals surface area contributed by atoms with Gasteiger partial charge in [0.15, 0.2) is 6.61 Å².